The van der Waals surface area contributed by atoms with Gasteiger partial charge in [-0.1, -0.05) is 437 Å². The second-order valence-corrected chi connectivity index (χ2v) is 36.8. The first kappa shape index (κ1) is 83.3. The molecule has 100 heavy (non-hydrogen) atoms. The molecule has 0 bridgehead atoms. The van der Waals surface area contributed by atoms with Crippen molar-refractivity contribution in [3.8, 4) is 30.6 Å². The van der Waals surface area contributed by atoms with Crippen molar-refractivity contribution in [2.75, 3.05) is 0 Å². The van der Waals surface area contributed by atoms with Crippen LogP contribution in [0.5, 0.6) is 0 Å². The molecule has 8 rings (SSSR count). The zero-order valence-electron chi connectivity index (χ0n) is 66.2. The van der Waals surface area contributed by atoms with Gasteiger partial charge in [-0.3, -0.25) is 0 Å². The van der Waals surface area contributed by atoms with E-state index in [1.165, 1.54) is 444 Å². The Bertz CT molecular complexity index is 3000. The van der Waals surface area contributed by atoms with E-state index in [0.29, 0.717) is 0 Å². The van der Waals surface area contributed by atoms with Gasteiger partial charge in [0.1, 0.15) is 11.0 Å². The molecule has 0 saturated heterocycles. The molecule has 0 saturated carbocycles. The predicted molar refractivity (Wildman–Crippen MR) is 454 cm³/mol. The van der Waals surface area contributed by atoms with Gasteiger partial charge in [0.2, 0.25) is 0 Å². The van der Waals surface area contributed by atoms with Gasteiger partial charge in [-0.25, -0.2) is 0 Å². The average molecular weight is 1440 g/mol. The summed E-state index contributed by atoms with van der Waals surface area (Å²) in [5.41, 5.74) is 13.4. The molecule has 4 heterocycles. The van der Waals surface area contributed by atoms with Crippen molar-refractivity contribution >= 4 is 66.9 Å². The summed E-state index contributed by atoms with van der Waals surface area (Å²) in [7, 11) is 0. The van der Waals surface area contributed by atoms with E-state index in [2.05, 4.69) is 112 Å². The van der Waals surface area contributed by atoms with Crippen molar-refractivity contribution < 1.29 is 0 Å². The Balaban J connectivity index is 1.04. The van der Waals surface area contributed by atoms with Gasteiger partial charge in [-0.15, -0.1) is 34.0 Å². The fourth-order valence-electron chi connectivity index (χ4n) is 18.5. The number of fused-ring (bicyclic) bond motifs is 10. The van der Waals surface area contributed by atoms with Crippen LogP contribution < -0.4 is 0 Å². The van der Waals surface area contributed by atoms with Crippen LogP contribution in [0.1, 0.15) is 471 Å². The average Bonchev–Trinajstić information content (AvgIpc) is 1.51. The lowest BCUT2D eigenvalue weighted by molar-refractivity contribution is 0.398. The van der Waals surface area contributed by atoms with Crippen LogP contribution in [0.3, 0.4) is 0 Å². The fourth-order valence-corrected chi connectivity index (χ4v) is 23.3. The molecular weight excluding hydrogens is 1290 g/mol. The van der Waals surface area contributed by atoms with Crippen molar-refractivity contribution in [1.82, 2.24) is 8.75 Å². The molecule has 0 amide bonds. The monoisotopic (exact) mass is 1440 g/mol. The number of rotatable bonds is 65. The molecule has 0 unspecified atom stereocenters. The standard InChI is InChI=1S/C94H152N2S4/c1-7-11-15-19-23-27-31-35-39-43-47-51-55-59-63-71-93(72-64-60-56-52-48-44-40-36-32-28-24-20-16-12-8-2)82-75-78(6)97-91(82)92-86(93)81-70-69-80-85(90(81)99-92)94(73-65-61-57-53-49-45-41-37-33-29-25-21-17-13-9-3,74-66-62-58-54-50-46-42-38-34-30-26-22-18-14-10-4)83-76-84(98-89(80)83)79-68-67-77(5)87-88(79)96-100-95-87/h67-70,75-76H,7-66,71-74H2,1-6H3. The molecule has 562 valence electrons. The van der Waals surface area contributed by atoms with Crippen LogP contribution in [0, 0.1) is 13.8 Å². The predicted octanol–water partition coefficient (Wildman–Crippen LogP) is 34.9. The molecule has 0 fully saturated rings. The summed E-state index contributed by atoms with van der Waals surface area (Å²) in [6.45, 7) is 14.0. The summed E-state index contributed by atoms with van der Waals surface area (Å²) in [5.74, 6) is 0. The topological polar surface area (TPSA) is 25.8 Å². The second kappa shape index (κ2) is 49.5. The Labute approximate surface area is 634 Å². The van der Waals surface area contributed by atoms with Gasteiger partial charge in [0.25, 0.3) is 0 Å². The van der Waals surface area contributed by atoms with Gasteiger partial charge in [-0.05, 0) is 90.4 Å². The summed E-state index contributed by atoms with van der Waals surface area (Å²) in [6.07, 6.45) is 90.5. The number of nitrogens with zero attached hydrogens (tertiary/aromatic N) is 2. The zero-order valence-corrected chi connectivity index (χ0v) is 69.5. The van der Waals surface area contributed by atoms with E-state index in [9.17, 15) is 0 Å². The van der Waals surface area contributed by atoms with Crippen molar-refractivity contribution in [3.05, 3.63) is 69.1 Å². The van der Waals surface area contributed by atoms with E-state index in [1.807, 2.05) is 0 Å². The van der Waals surface area contributed by atoms with E-state index in [1.54, 1.807) is 52.5 Å². The normalized spacial score (nSPS) is 13.6. The SMILES string of the molecule is CCCCCCCCCCCCCCCCCC1(CCCCCCCCCCCCCCCCC)c2cc(C)sc2-c2sc3c4c(ccc3c21)-c1sc(-c2ccc(C)c3nsnc23)cc1C4(CCCCCCCCCCCCCCCCC)CCCCCCCCCCCCCCCCC. The summed E-state index contributed by atoms with van der Waals surface area (Å²) >= 11 is 7.94. The molecule has 2 aliphatic rings. The van der Waals surface area contributed by atoms with Crippen molar-refractivity contribution in [1.29, 1.82) is 0 Å². The van der Waals surface area contributed by atoms with Gasteiger partial charge >= 0.3 is 0 Å². The van der Waals surface area contributed by atoms with E-state index in [-0.39, 0.29) is 10.8 Å². The highest BCUT2D eigenvalue weighted by atomic mass is 32.1. The summed E-state index contributed by atoms with van der Waals surface area (Å²) in [4.78, 5) is 7.86. The van der Waals surface area contributed by atoms with Crippen LogP contribution in [0.25, 0.3) is 51.8 Å². The highest BCUT2D eigenvalue weighted by Gasteiger charge is 2.50. The number of unbranched alkanes of at least 4 members (excludes halogenated alkanes) is 56. The van der Waals surface area contributed by atoms with Crippen LogP contribution in [0.2, 0.25) is 0 Å². The molecule has 2 aliphatic carbocycles. The first-order valence-electron chi connectivity index (χ1n) is 44.5. The van der Waals surface area contributed by atoms with E-state index in [0.717, 1.165) is 11.0 Å². The van der Waals surface area contributed by atoms with Crippen LogP contribution in [-0.2, 0) is 10.8 Å². The Hall–Kier alpha value is -2.38. The largest absolute Gasteiger partial charge is 0.173 e. The first-order valence-corrected chi connectivity index (χ1v) is 47.7. The summed E-state index contributed by atoms with van der Waals surface area (Å²) in [5, 5.41) is 1.66. The summed E-state index contributed by atoms with van der Waals surface area (Å²) < 4.78 is 11.6. The highest BCUT2D eigenvalue weighted by molar-refractivity contribution is 7.27. The molecule has 6 aromatic rings. The maximum absolute atomic E-state index is 5.03. The molecule has 0 spiro atoms. The van der Waals surface area contributed by atoms with Gasteiger partial charge in [0.15, 0.2) is 0 Å². The highest BCUT2D eigenvalue weighted by Crippen LogP contribution is 2.66. The second-order valence-electron chi connectivity index (χ2n) is 33.0. The Morgan fingerprint density at radius 3 is 0.950 bits per heavy atom. The molecule has 2 aromatic carbocycles. The minimum Gasteiger partial charge on any atom is -0.173 e. The lowest BCUT2D eigenvalue weighted by atomic mass is 9.68. The molecule has 6 heteroatoms. The Kier molecular flexibility index (Phi) is 41.2. The number of thiophene rings is 3. The minimum atomic E-state index is 0.00802. The van der Waals surface area contributed by atoms with E-state index < -0.39 is 0 Å². The van der Waals surface area contributed by atoms with E-state index in [4.69, 9.17) is 8.75 Å². The van der Waals surface area contributed by atoms with Crippen LogP contribution in [0.15, 0.2) is 36.4 Å². The first-order chi connectivity index (χ1) is 49.4. The number of aromatic nitrogens is 2. The van der Waals surface area contributed by atoms with Gasteiger partial charge < -0.3 is 0 Å². The number of benzene rings is 2. The number of hydrogen-bond acceptors (Lipinski definition) is 6. The maximum atomic E-state index is 5.03. The quantitative estimate of drug-likeness (QED) is 0.0356. The van der Waals surface area contributed by atoms with E-state index >= 15 is 0 Å². The molecule has 0 aliphatic heterocycles. The van der Waals surface area contributed by atoms with Crippen LogP contribution >= 0.6 is 45.7 Å². The molecular formula is C94H152N2S4. The third kappa shape index (κ3) is 26.0. The van der Waals surface area contributed by atoms with Crippen molar-refractivity contribution in [2.24, 2.45) is 0 Å². The van der Waals surface area contributed by atoms with Crippen LogP contribution in [-0.4, -0.2) is 8.75 Å². The molecule has 0 N–H and O–H groups in total. The minimum absolute atomic E-state index is 0.00802. The Morgan fingerprint density at radius 1 is 0.280 bits per heavy atom. The van der Waals surface area contributed by atoms with Crippen LogP contribution in [0.4, 0.5) is 0 Å². The molecule has 0 atom stereocenters. The third-order valence-electron chi connectivity index (χ3n) is 24.6. The molecule has 4 aromatic heterocycles. The maximum Gasteiger partial charge on any atom is 0.113 e. The van der Waals surface area contributed by atoms with Crippen molar-refractivity contribution in [2.45, 2.75) is 463 Å². The smallest absolute Gasteiger partial charge is 0.113 e. The Morgan fingerprint density at radius 2 is 0.590 bits per heavy atom. The van der Waals surface area contributed by atoms with Crippen molar-refractivity contribution in [3.63, 3.8) is 0 Å². The lowest BCUT2D eigenvalue weighted by Crippen LogP contribution is -2.26. The van der Waals surface area contributed by atoms with Gasteiger partial charge in [-0.2, -0.15) is 8.75 Å². The number of hydrogen-bond donors (Lipinski definition) is 0. The zero-order chi connectivity index (χ0) is 70.0. The molecule has 2 nitrogen and oxygen atoms in total. The van der Waals surface area contributed by atoms with Gasteiger partial charge in [0, 0.05) is 45.5 Å². The van der Waals surface area contributed by atoms with Gasteiger partial charge in [0.05, 0.1) is 11.7 Å². The summed E-state index contributed by atoms with van der Waals surface area (Å²) in [6, 6.07) is 15.6. The number of aryl methyl sites for hydroxylation is 2. The fraction of sp³-hybridized carbons (Fsp3) is 0.766. The molecule has 0 radical (unpaired) electrons. The third-order valence-corrected chi connectivity index (χ3v) is 28.8. The lowest BCUT2D eigenvalue weighted by Gasteiger charge is -2.34.